The Hall–Kier alpha value is -0.570. The van der Waals surface area contributed by atoms with Gasteiger partial charge in [0.25, 0.3) is 0 Å². The second kappa shape index (κ2) is 5.85. The van der Waals surface area contributed by atoms with Crippen molar-refractivity contribution in [2.75, 3.05) is 0 Å². The van der Waals surface area contributed by atoms with Crippen molar-refractivity contribution in [1.82, 2.24) is 5.32 Å². The van der Waals surface area contributed by atoms with Crippen molar-refractivity contribution in [2.45, 2.75) is 50.7 Å². The number of halogens is 1. The lowest BCUT2D eigenvalue weighted by Gasteiger charge is -2.29. The lowest BCUT2D eigenvalue weighted by Crippen LogP contribution is -2.38. The third-order valence-corrected chi connectivity index (χ3v) is 3.84. The van der Waals surface area contributed by atoms with Crippen molar-refractivity contribution in [1.29, 1.82) is 0 Å². The van der Waals surface area contributed by atoms with E-state index in [0.717, 1.165) is 17.9 Å². The van der Waals surface area contributed by atoms with Crippen LogP contribution >= 0.6 is 11.6 Å². The second-order valence-corrected chi connectivity index (χ2v) is 5.49. The summed E-state index contributed by atoms with van der Waals surface area (Å²) in [6.07, 6.45) is 4.65. The quantitative estimate of drug-likeness (QED) is 0.867. The molecular formula is C14H21ClN2. The highest BCUT2D eigenvalue weighted by atomic mass is 35.5. The van der Waals surface area contributed by atoms with Crippen molar-refractivity contribution in [3.8, 4) is 0 Å². The van der Waals surface area contributed by atoms with Crippen molar-refractivity contribution < 1.29 is 0 Å². The molecule has 3 heteroatoms. The molecule has 17 heavy (non-hydrogen) atoms. The van der Waals surface area contributed by atoms with Gasteiger partial charge < -0.3 is 11.1 Å². The van der Waals surface area contributed by atoms with Gasteiger partial charge >= 0.3 is 0 Å². The first-order valence-corrected chi connectivity index (χ1v) is 6.80. The van der Waals surface area contributed by atoms with E-state index in [4.69, 9.17) is 17.3 Å². The van der Waals surface area contributed by atoms with Gasteiger partial charge in [0.2, 0.25) is 0 Å². The van der Waals surface area contributed by atoms with Gasteiger partial charge in [-0.25, -0.2) is 0 Å². The maximum absolute atomic E-state index is 6.01. The molecule has 0 aromatic heterocycles. The number of nitrogens with one attached hydrogen (secondary N) is 1. The van der Waals surface area contributed by atoms with Gasteiger partial charge in [0, 0.05) is 23.1 Å². The summed E-state index contributed by atoms with van der Waals surface area (Å²) in [4.78, 5) is 0. The molecule has 94 valence electrons. The minimum atomic E-state index is 0.355. The van der Waals surface area contributed by atoms with Gasteiger partial charge in [-0.15, -0.1) is 0 Å². The van der Waals surface area contributed by atoms with Gasteiger partial charge in [0.05, 0.1) is 0 Å². The number of rotatable bonds is 3. The Morgan fingerprint density at radius 2 is 2.00 bits per heavy atom. The average molecular weight is 253 g/mol. The normalized spacial score (nSPS) is 26.8. The molecule has 1 saturated carbocycles. The van der Waals surface area contributed by atoms with Crippen LogP contribution < -0.4 is 11.1 Å². The molecule has 0 radical (unpaired) electrons. The molecule has 1 fully saturated rings. The van der Waals surface area contributed by atoms with E-state index >= 15 is 0 Å². The predicted octanol–water partition coefficient (Wildman–Crippen LogP) is 3.26. The minimum Gasteiger partial charge on any atom is -0.328 e. The summed E-state index contributed by atoms with van der Waals surface area (Å²) in [5.74, 6) is 0. The highest BCUT2D eigenvalue weighted by Gasteiger charge is 2.20. The molecule has 3 N–H and O–H groups in total. The van der Waals surface area contributed by atoms with E-state index in [1.165, 1.54) is 18.4 Å². The van der Waals surface area contributed by atoms with E-state index in [1.807, 2.05) is 18.2 Å². The molecule has 1 aromatic carbocycles. The largest absolute Gasteiger partial charge is 0.328 e. The molecule has 1 aliphatic carbocycles. The molecule has 1 aromatic rings. The predicted molar refractivity (Wildman–Crippen MR) is 73.2 cm³/mol. The topological polar surface area (TPSA) is 38.0 Å². The number of nitrogens with two attached hydrogens (primary N) is 1. The zero-order valence-corrected chi connectivity index (χ0v) is 11.1. The summed E-state index contributed by atoms with van der Waals surface area (Å²) in [6, 6.07) is 9.45. The molecule has 2 rings (SSSR count). The molecule has 1 atom stereocenters. The third-order valence-electron chi connectivity index (χ3n) is 3.61. The van der Waals surface area contributed by atoms with Crippen molar-refractivity contribution >= 4 is 11.6 Å². The first kappa shape index (κ1) is 12.9. The Morgan fingerprint density at radius 3 is 2.65 bits per heavy atom. The van der Waals surface area contributed by atoms with Crippen LogP contribution in [-0.4, -0.2) is 12.1 Å². The summed E-state index contributed by atoms with van der Waals surface area (Å²) in [6.45, 7) is 2.19. The van der Waals surface area contributed by atoms with Crippen LogP contribution in [0, 0.1) is 0 Å². The fourth-order valence-corrected chi connectivity index (χ4v) is 2.71. The molecule has 2 nitrogen and oxygen atoms in total. The standard InChI is InChI=1S/C14H21ClN2/c1-10(11-3-2-4-12(15)9-11)17-14-7-5-13(16)6-8-14/h2-4,9-10,13-14,17H,5-8,16H2,1H3/t10-,13?,14?/m1/s1. The van der Waals surface area contributed by atoms with Crippen LogP contribution in [0.4, 0.5) is 0 Å². The number of hydrogen-bond acceptors (Lipinski definition) is 2. The van der Waals surface area contributed by atoms with Gasteiger partial charge in [-0.1, -0.05) is 23.7 Å². The second-order valence-electron chi connectivity index (χ2n) is 5.06. The zero-order valence-electron chi connectivity index (χ0n) is 10.3. The van der Waals surface area contributed by atoms with Gasteiger partial charge in [0.1, 0.15) is 0 Å². The van der Waals surface area contributed by atoms with Gasteiger partial charge in [-0.05, 0) is 50.3 Å². The third kappa shape index (κ3) is 3.70. The van der Waals surface area contributed by atoms with E-state index in [-0.39, 0.29) is 0 Å². The van der Waals surface area contributed by atoms with Crippen molar-refractivity contribution in [2.24, 2.45) is 5.73 Å². The highest BCUT2D eigenvalue weighted by Crippen LogP contribution is 2.22. The smallest absolute Gasteiger partial charge is 0.0409 e. The van der Waals surface area contributed by atoms with Crippen molar-refractivity contribution in [3.05, 3.63) is 34.9 Å². The summed E-state index contributed by atoms with van der Waals surface area (Å²) < 4.78 is 0. The van der Waals surface area contributed by atoms with Crippen LogP contribution in [0.25, 0.3) is 0 Å². The van der Waals surface area contributed by atoms with Crippen LogP contribution in [0.2, 0.25) is 5.02 Å². The van der Waals surface area contributed by atoms with Gasteiger partial charge in [-0.2, -0.15) is 0 Å². The molecule has 0 aliphatic heterocycles. The fraction of sp³-hybridized carbons (Fsp3) is 0.571. The number of hydrogen-bond donors (Lipinski definition) is 2. The van der Waals surface area contributed by atoms with E-state index in [0.29, 0.717) is 18.1 Å². The Balaban J connectivity index is 1.90. The van der Waals surface area contributed by atoms with E-state index < -0.39 is 0 Å². The molecule has 0 unspecified atom stereocenters. The molecule has 0 heterocycles. The first-order valence-electron chi connectivity index (χ1n) is 6.42. The van der Waals surface area contributed by atoms with Crippen LogP contribution in [0.15, 0.2) is 24.3 Å². The first-order chi connectivity index (χ1) is 8.15. The average Bonchev–Trinajstić information content (AvgIpc) is 2.32. The molecule has 0 saturated heterocycles. The van der Waals surface area contributed by atoms with E-state index in [9.17, 15) is 0 Å². The molecule has 0 bridgehead atoms. The molecule has 0 spiro atoms. The van der Waals surface area contributed by atoms with Gasteiger partial charge in [-0.3, -0.25) is 0 Å². The van der Waals surface area contributed by atoms with Crippen molar-refractivity contribution in [3.63, 3.8) is 0 Å². The SMILES string of the molecule is C[C@@H](NC1CCC(N)CC1)c1cccc(Cl)c1. The van der Waals surface area contributed by atoms with Crippen LogP contribution in [0.5, 0.6) is 0 Å². The highest BCUT2D eigenvalue weighted by molar-refractivity contribution is 6.30. The number of benzene rings is 1. The molecule has 1 aliphatic rings. The maximum Gasteiger partial charge on any atom is 0.0409 e. The van der Waals surface area contributed by atoms with Crippen LogP contribution in [-0.2, 0) is 0 Å². The van der Waals surface area contributed by atoms with Crippen LogP contribution in [0.3, 0.4) is 0 Å². The molecular weight excluding hydrogens is 232 g/mol. The summed E-state index contributed by atoms with van der Waals surface area (Å²) in [7, 11) is 0. The Kier molecular flexibility index (Phi) is 4.43. The minimum absolute atomic E-state index is 0.355. The molecule has 0 amide bonds. The van der Waals surface area contributed by atoms with Crippen LogP contribution in [0.1, 0.15) is 44.2 Å². The summed E-state index contributed by atoms with van der Waals surface area (Å²) >= 11 is 6.01. The lowest BCUT2D eigenvalue weighted by molar-refractivity contribution is 0.322. The fourth-order valence-electron chi connectivity index (χ4n) is 2.51. The maximum atomic E-state index is 6.01. The summed E-state index contributed by atoms with van der Waals surface area (Å²) in [5, 5.41) is 4.48. The van der Waals surface area contributed by atoms with Gasteiger partial charge in [0.15, 0.2) is 0 Å². The lowest BCUT2D eigenvalue weighted by atomic mass is 9.91. The summed E-state index contributed by atoms with van der Waals surface area (Å²) in [5.41, 5.74) is 7.17. The van der Waals surface area contributed by atoms with E-state index in [2.05, 4.69) is 18.3 Å². The Labute approximate surface area is 109 Å². The Bertz CT molecular complexity index is 359. The zero-order chi connectivity index (χ0) is 12.3. The van der Waals surface area contributed by atoms with E-state index in [1.54, 1.807) is 0 Å². The Morgan fingerprint density at radius 1 is 1.29 bits per heavy atom. The monoisotopic (exact) mass is 252 g/mol.